The highest BCUT2D eigenvalue weighted by atomic mass is 32.1. The molecular weight excluding hydrogens is 298 g/mol. The summed E-state index contributed by atoms with van der Waals surface area (Å²) in [6.45, 7) is 8.27. The average Bonchev–Trinajstić information content (AvgIpc) is 3.10. The van der Waals surface area contributed by atoms with E-state index >= 15 is 0 Å². The molecule has 2 N–H and O–H groups in total. The Morgan fingerprint density at radius 2 is 2.27 bits per heavy atom. The summed E-state index contributed by atoms with van der Waals surface area (Å²) in [7, 11) is 1.76. The largest absolute Gasteiger partial charge is 0.352 e. The van der Waals surface area contributed by atoms with Crippen molar-refractivity contribution in [2.75, 3.05) is 20.1 Å². The molecule has 1 aliphatic heterocycles. The molecule has 22 heavy (non-hydrogen) atoms. The number of aromatic nitrogens is 1. The number of amides is 1. The van der Waals surface area contributed by atoms with Crippen molar-refractivity contribution in [3.8, 4) is 0 Å². The van der Waals surface area contributed by atoms with Gasteiger partial charge in [-0.25, -0.2) is 4.98 Å². The molecule has 2 heterocycles. The Balaban J connectivity index is 1.82. The molecule has 1 aromatic rings. The summed E-state index contributed by atoms with van der Waals surface area (Å²) >= 11 is 1.71. The van der Waals surface area contributed by atoms with E-state index in [1.807, 2.05) is 18.7 Å². The Kier molecular flexibility index (Phi) is 5.76. The van der Waals surface area contributed by atoms with Gasteiger partial charge in [0.25, 0.3) is 0 Å². The molecule has 122 valence electrons. The Labute approximate surface area is 136 Å². The predicted molar refractivity (Wildman–Crippen MR) is 90.2 cm³/mol. The second kappa shape index (κ2) is 7.58. The van der Waals surface area contributed by atoms with E-state index < -0.39 is 0 Å². The summed E-state index contributed by atoms with van der Waals surface area (Å²) < 4.78 is 0. The number of nitrogens with one attached hydrogen (secondary N) is 2. The minimum absolute atomic E-state index is 0.223. The molecule has 0 aliphatic carbocycles. The summed E-state index contributed by atoms with van der Waals surface area (Å²) in [5, 5.41) is 7.74. The number of likely N-dealkylation sites (tertiary alicyclic amines) is 1. The molecule has 0 aromatic carbocycles. The van der Waals surface area contributed by atoms with Crippen LogP contribution in [0.1, 0.15) is 35.3 Å². The quantitative estimate of drug-likeness (QED) is 0.650. The van der Waals surface area contributed by atoms with Crippen LogP contribution in [0.25, 0.3) is 0 Å². The van der Waals surface area contributed by atoms with Crippen LogP contribution in [0, 0.1) is 13.8 Å². The third kappa shape index (κ3) is 4.19. The number of carbonyl (C=O) groups is 1. The van der Waals surface area contributed by atoms with E-state index in [1.165, 1.54) is 4.88 Å². The molecule has 2 rings (SSSR count). The van der Waals surface area contributed by atoms with Crippen LogP contribution in [0.3, 0.4) is 0 Å². The molecule has 1 atom stereocenters. The zero-order valence-electron chi connectivity index (χ0n) is 13.8. The summed E-state index contributed by atoms with van der Waals surface area (Å²) in [5.74, 6) is 0.988. The predicted octanol–water partition coefficient (Wildman–Crippen LogP) is 1.44. The SMILES string of the molecule is CCC(=O)N1CCC(NC(=NC)NCc2nc(C)c(C)s2)C1. The Morgan fingerprint density at radius 1 is 1.50 bits per heavy atom. The molecule has 1 aromatic heterocycles. The highest BCUT2D eigenvalue weighted by molar-refractivity contribution is 7.11. The first-order valence-corrected chi connectivity index (χ1v) is 8.53. The van der Waals surface area contributed by atoms with Crippen molar-refractivity contribution >= 4 is 23.2 Å². The second-order valence-electron chi connectivity index (χ2n) is 5.50. The van der Waals surface area contributed by atoms with Crippen molar-refractivity contribution in [2.24, 2.45) is 4.99 Å². The molecule has 1 amide bonds. The summed E-state index contributed by atoms with van der Waals surface area (Å²) in [4.78, 5) is 23.6. The van der Waals surface area contributed by atoms with E-state index in [0.717, 1.165) is 36.2 Å². The number of aliphatic imine (C=N–C) groups is 1. The van der Waals surface area contributed by atoms with Crippen LogP contribution in [0.15, 0.2) is 4.99 Å². The van der Waals surface area contributed by atoms with Gasteiger partial charge in [0.2, 0.25) is 5.91 Å². The Hall–Kier alpha value is -1.63. The van der Waals surface area contributed by atoms with Gasteiger partial charge in [-0.15, -0.1) is 11.3 Å². The van der Waals surface area contributed by atoms with E-state index in [0.29, 0.717) is 13.0 Å². The van der Waals surface area contributed by atoms with Gasteiger partial charge in [-0.2, -0.15) is 0 Å². The number of carbonyl (C=O) groups excluding carboxylic acids is 1. The number of hydrogen-bond acceptors (Lipinski definition) is 4. The number of nitrogens with zero attached hydrogens (tertiary/aromatic N) is 3. The van der Waals surface area contributed by atoms with Gasteiger partial charge in [0.1, 0.15) is 5.01 Å². The molecule has 0 spiro atoms. The second-order valence-corrected chi connectivity index (χ2v) is 6.79. The zero-order chi connectivity index (χ0) is 16.1. The maximum atomic E-state index is 11.7. The number of thiazole rings is 1. The van der Waals surface area contributed by atoms with Crippen molar-refractivity contribution in [3.63, 3.8) is 0 Å². The molecule has 1 aliphatic rings. The van der Waals surface area contributed by atoms with Gasteiger partial charge in [0.05, 0.1) is 12.2 Å². The van der Waals surface area contributed by atoms with Crippen molar-refractivity contribution in [2.45, 2.75) is 46.2 Å². The standard InChI is InChI=1S/C15H25N5OS/c1-5-14(21)20-7-6-12(9-20)19-15(16-4)17-8-13-18-10(2)11(3)22-13/h12H,5-9H2,1-4H3,(H2,16,17,19). The molecule has 1 unspecified atom stereocenters. The van der Waals surface area contributed by atoms with Crippen LogP contribution in [-0.4, -0.2) is 47.9 Å². The van der Waals surface area contributed by atoms with Gasteiger partial charge in [-0.05, 0) is 20.3 Å². The lowest BCUT2D eigenvalue weighted by molar-refractivity contribution is -0.129. The highest BCUT2D eigenvalue weighted by Gasteiger charge is 2.25. The fourth-order valence-electron chi connectivity index (χ4n) is 2.49. The normalized spacial score (nSPS) is 18.6. The molecule has 7 heteroatoms. The lowest BCUT2D eigenvalue weighted by Crippen LogP contribution is -2.44. The van der Waals surface area contributed by atoms with Crippen molar-refractivity contribution in [1.82, 2.24) is 20.5 Å². The fraction of sp³-hybridized carbons (Fsp3) is 0.667. The molecule has 6 nitrogen and oxygen atoms in total. The van der Waals surface area contributed by atoms with Gasteiger partial charge >= 0.3 is 0 Å². The monoisotopic (exact) mass is 323 g/mol. The molecule has 1 saturated heterocycles. The summed E-state index contributed by atoms with van der Waals surface area (Å²) in [5.41, 5.74) is 1.09. The van der Waals surface area contributed by atoms with Crippen LogP contribution < -0.4 is 10.6 Å². The number of rotatable bonds is 4. The smallest absolute Gasteiger partial charge is 0.222 e. The van der Waals surface area contributed by atoms with Gasteiger partial charge < -0.3 is 15.5 Å². The summed E-state index contributed by atoms with van der Waals surface area (Å²) in [6.07, 6.45) is 1.53. The van der Waals surface area contributed by atoms with E-state index in [2.05, 4.69) is 27.5 Å². The zero-order valence-corrected chi connectivity index (χ0v) is 14.6. The highest BCUT2D eigenvalue weighted by Crippen LogP contribution is 2.16. The van der Waals surface area contributed by atoms with Gasteiger partial charge in [-0.1, -0.05) is 6.92 Å². The van der Waals surface area contributed by atoms with Gasteiger partial charge in [0, 0.05) is 37.5 Å². The first kappa shape index (κ1) is 16.7. The van der Waals surface area contributed by atoms with Crippen molar-refractivity contribution in [1.29, 1.82) is 0 Å². The van der Waals surface area contributed by atoms with Gasteiger partial charge in [-0.3, -0.25) is 9.79 Å². The summed E-state index contributed by atoms with van der Waals surface area (Å²) in [6, 6.07) is 0.265. The minimum Gasteiger partial charge on any atom is -0.352 e. The lowest BCUT2D eigenvalue weighted by atomic mass is 10.3. The van der Waals surface area contributed by atoms with Crippen LogP contribution in [0.4, 0.5) is 0 Å². The third-order valence-corrected chi connectivity index (χ3v) is 4.96. The third-order valence-electron chi connectivity index (χ3n) is 3.89. The molecular formula is C15H25N5OS. The maximum absolute atomic E-state index is 11.7. The number of hydrogen-bond donors (Lipinski definition) is 2. The van der Waals surface area contributed by atoms with Crippen LogP contribution in [-0.2, 0) is 11.3 Å². The topological polar surface area (TPSA) is 69.6 Å². The first-order chi connectivity index (χ1) is 10.5. The van der Waals surface area contributed by atoms with Crippen LogP contribution in [0.5, 0.6) is 0 Å². The Morgan fingerprint density at radius 3 is 2.86 bits per heavy atom. The van der Waals surface area contributed by atoms with Crippen molar-refractivity contribution < 1.29 is 4.79 Å². The lowest BCUT2D eigenvalue weighted by Gasteiger charge is -2.18. The maximum Gasteiger partial charge on any atom is 0.222 e. The molecule has 0 bridgehead atoms. The molecule has 1 fully saturated rings. The van der Waals surface area contributed by atoms with Gasteiger partial charge in [0.15, 0.2) is 5.96 Å². The number of aryl methyl sites for hydroxylation is 2. The van der Waals surface area contributed by atoms with E-state index in [4.69, 9.17) is 0 Å². The minimum atomic E-state index is 0.223. The number of guanidine groups is 1. The van der Waals surface area contributed by atoms with E-state index in [1.54, 1.807) is 18.4 Å². The molecule has 0 saturated carbocycles. The van der Waals surface area contributed by atoms with E-state index in [-0.39, 0.29) is 11.9 Å². The van der Waals surface area contributed by atoms with E-state index in [9.17, 15) is 4.79 Å². The first-order valence-electron chi connectivity index (χ1n) is 7.71. The fourth-order valence-corrected chi connectivity index (χ4v) is 3.36. The van der Waals surface area contributed by atoms with Crippen molar-refractivity contribution in [3.05, 3.63) is 15.6 Å². The molecule has 0 radical (unpaired) electrons. The van der Waals surface area contributed by atoms with Crippen LogP contribution in [0.2, 0.25) is 0 Å². The van der Waals surface area contributed by atoms with Crippen LogP contribution >= 0.6 is 11.3 Å². The Bertz CT molecular complexity index is 535. The average molecular weight is 323 g/mol.